The number of pyridine rings is 3. The van der Waals surface area contributed by atoms with Crippen molar-refractivity contribution < 1.29 is 52.8 Å². The number of ketones is 3. The highest BCUT2D eigenvalue weighted by Crippen LogP contribution is 2.56. The van der Waals surface area contributed by atoms with Crippen LogP contribution in [-0.4, -0.2) is 107 Å². The molecular formula is C87H75F3N10O9S4. The number of allylic oxidation sites excluding steroid dienone is 3. The number of benzene rings is 5. The minimum absolute atomic E-state index is 0.161. The molecular weight excluding hydrogens is 1510 g/mol. The Kier molecular flexibility index (Phi) is 20.1. The molecule has 3 fully saturated rings. The number of Topliss-reactive ketones (excluding diaryl/α,β-unsaturated/α-hetero) is 3. The zero-order chi connectivity index (χ0) is 78.8. The smallest absolute Gasteiger partial charge is 0.192 e. The molecule has 1 unspecified atom stereocenters. The molecule has 18 rings (SSSR count). The molecule has 0 amide bonds. The van der Waals surface area contributed by atoms with Gasteiger partial charge in [-0.1, -0.05) is 58.7 Å². The Hall–Kier alpha value is -11.3. The Balaban J connectivity index is 0.000000128. The van der Waals surface area contributed by atoms with Gasteiger partial charge >= 0.3 is 0 Å². The highest BCUT2D eigenvalue weighted by atomic mass is 32.2. The maximum absolute atomic E-state index is 14.2. The number of nitrogens with zero attached hydrogens (tertiary/aromatic N) is 10. The van der Waals surface area contributed by atoms with Gasteiger partial charge in [-0.3, -0.25) is 29.3 Å². The molecule has 113 heavy (non-hydrogen) atoms. The summed E-state index contributed by atoms with van der Waals surface area (Å²) in [6, 6.07) is 47.6. The molecule has 12 aromatic rings. The van der Waals surface area contributed by atoms with Gasteiger partial charge in [0.05, 0.1) is 94.5 Å². The number of carbonyl (C=O) groups excluding carboxylic acids is 3. The SMILES string of the molecule is Cc1ccc(S(=O)(=O)[C@@H]2CCC3=Cc4c(cnn4-c4ccc(F)cc4)C[C@]3(C(=O)c3ccccn3)C2)cc1.Cc1cccc(S(=O)(=O)[C@H]2CCC3=Cc4c(cnn4-c4ccc(F)cc4)C[C@]3(C(=O)c3ccccn3)C2)c1.Cc1ccnc(C(=O)[C@]23Cc4cnn(-c5ccc(F)cc5)c4C=C2CCC(S(=O)(=O)c2ccns2)C3)c1. The summed E-state index contributed by atoms with van der Waals surface area (Å²) in [6.45, 7) is 5.69. The quantitative estimate of drug-likeness (QED) is 0.0864. The zero-order valence-corrected chi connectivity index (χ0v) is 64.9. The lowest BCUT2D eigenvalue weighted by molar-refractivity contribution is 0.0790. The summed E-state index contributed by atoms with van der Waals surface area (Å²) in [5.74, 6) is -1.52. The van der Waals surface area contributed by atoms with E-state index in [0.29, 0.717) is 91.9 Å². The maximum atomic E-state index is 14.2. The second kappa shape index (κ2) is 30.0. The van der Waals surface area contributed by atoms with Crippen LogP contribution < -0.4 is 0 Å². The summed E-state index contributed by atoms with van der Waals surface area (Å²) >= 11 is 0.959. The third-order valence-corrected chi connectivity index (χ3v) is 30.8. The molecule has 7 aromatic heterocycles. The summed E-state index contributed by atoms with van der Waals surface area (Å²) in [7, 11) is -11.0. The van der Waals surface area contributed by atoms with E-state index in [9.17, 15) is 52.8 Å². The molecule has 26 heteroatoms. The highest BCUT2D eigenvalue weighted by Gasteiger charge is 2.56. The summed E-state index contributed by atoms with van der Waals surface area (Å²) < 4.78 is 132. The first-order valence-corrected chi connectivity index (χ1v) is 42.5. The van der Waals surface area contributed by atoms with Gasteiger partial charge in [-0.2, -0.15) is 19.7 Å². The van der Waals surface area contributed by atoms with Crippen molar-refractivity contribution in [2.75, 3.05) is 0 Å². The Bertz CT molecular complexity index is 6170. The molecule has 0 radical (unpaired) electrons. The lowest BCUT2D eigenvalue weighted by Crippen LogP contribution is -2.45. The molecule has 6 aliphatic rings. The molecule has 6 atom stereocenters. The van der Waals surface area contributed by atoms with Gasteiger partial charge in [-0.05, 0) is 295 Å². The average molecular weight is 1590 g/mol. The second-order valence-electron chi connectivity index (χ2n) is 29.9. The van der Waals surface area contributed by atoms with Crippen LogP contribution in [0.15, 0.2) is 250 Å². The molecule has 3 saturated carbocycles. The van der Waals surface area contributed by atoms with E-state index < -0.39 is 61.5 Å². The third kappa shape index (κ3) is 14.1. The molecule has 0 spiro atoms. The normalized spacial score (nSPS) is 20.9. The molecule has 5 aromatic carbocycles. The van der Waals surface area contributed by atoms with Gasteiger partial charge in [0.15, 0.2) is 46.9 Å². The van der Waals surface area contributed by atoms with Crippen molar-refractivity contribution in [3.8, 4) is 17.1 Å². The number of halogens is 3. The predicted octanol–water partition coefficient (Wildman–Crippen LogP) is 16.1. The van der Waals surface area contributed by atoms with Crippen LogP contribution in [0, 0.1) is 54.5 Å². The van der Waals surface area contributed by atoms with Crippen molar-refractivity contribution in [2.24, 2.45) is 16.2 Å². The Morgan fingerprint density at radius 2 is 0.796 bits per heavy atom. The first kappa shape index (κ1) is 75.7. The molecule has 572 valence electrons. The van der Waals surface area contributed by atoms with Crippen molar-refractivity contribution in [1.82, 2.24) is 48.7 Å². The van der Waals surface area contributed by atoms with Gasteiger partial charge in [0.2, 0.25) is 0 Å². The summed E-state index contributed by atoms with van der Waals surface area (Å²) in [6.07, 6.45) is 21.4. The monoisotopic (exact) mass is 1590 g/mol. The van der Waals surface area contributed by atoms with Gasteiger partial charge in [-0.15, -0.1) is 0 Å². The summed E-state index contributed by atoms with van der Waals surface area (Å²) in [4.78, 5) is 56.1. The third-order valence-electron chi connectivity index (χ3n) is 23.0. The lowest BCUT2D eigenvalue weighted by Gasteiger charge is -2.43. The van der Waals surface area contributed by atoms with Gasteiger partial charge in [-0.25, -0.2) is 52.5 Å². The van der Waals surface area contributed by atoms with E-state index in [-0.39, 0.29) is 68.1 Å². The van der Waals surface area contributed by atoms with Crippen LogP contribution in [0.1, 0.15) is 140 Å². The van der Waals surface area contributed by atoms with Gasteiger partial charge < -0.3 is 0 Å². The number of aromatic nitrogens is 10. The van der Waals surface area contributed by atoms with Crippen LogP contribution in [0.25, 0.3) is 35.3 Å². The van der Waals surface area contributed by atoms with E-state index in [4.69, 9.17) is 0 Å². The Labute approximate surface area is 655 Å². The standard InChI is InChI=1S/2C30H26FN3O3S.C27H23FN4O3S2/c1-20-5-4-6-25(15-20)38(36,37)26-13-8-22-16-28-21(19-33-34(28)24-11-9-23(31)10-12-24)17-30(22,18-26)29(35)27-7-2-3-14-32-27;1-20-5-12-25(13-6-20)38(36,37)26-14-7-22-16-28-21(19-33-34(28)24-10-8-23(31)9-11-24)17-30(22,18-26)29(35)27-4-2-3-15-32-27;1-17-8-10-29-23(12-17)26(33)27-14-18-16-30-32(21-5-3-20(28)4-6-21)24(18)13-19(27)2-7-22(15-27)37(34,35)25-9-11-31-36-25/h2-7,9-12,14-16,19,26H,8,13,17-18H2,1H3;2-6,8-13,15-16,19,26H,7,14,17-18H2,1H3;3-6,8-13,16,22H,2,7,14-15H2,1H3/t26-,30-;26-,30+;22?,27-/m010/s1. The molecule has 0 bridgehead atoms. The van der Waals surface area contributed by atoms with Crippen molar-refractivity contribution in [3.05, 3.63) is 321 Å². The van der Waals surface area contributed by atoms with Gasteiger partial charge in [0, 0.05) is 24.8 Å². The van der Waals surface area contributed by atoms with Gasteiger partial charge in [0.1, 0.15) is 38.7 Å². The van der Waals surface area contributed by atoms with Crippen LogP contribution in [-0.2, 0) is 48.8 Å². The Morgan fingerprint density at radius 1 is 0.398 bits per heavy atom. The van der Waals surface area contributed by atoms with E-state index >= 15 is 0 Å². The molecule has 0 aliphatic heterocycles. The number of rotatable bonds is 15. The van der Waals surface area contributed by atoms with Crippen LogP contribution in [0.3, 0.4) is 0 Å². The number of aryl methyl sites for hydroxylation is 3. The van der Waals surface area contributed by atoms with E-state index in [0.717, 1.165) is 78.7 Å². The minimum atomic E-state index is -3.66. The molecule has 0 N–H and O–H groups in total. The number of sulfone groups is 3. The first-order valence-electron chi connectivity index (χ1n) is 37.1. The van der Waals surface area contributed by atoms with E-state index in [2.05, 4.69) is 34.6 Å². The topological polar surface area (TPSA) is 259 Å². The molecule has 0 saturated heterocycles. The molecule has 19 nitrogen and oxygen atoms in total. The Morgan fingerprint density at radius 3 is 1.19 bits per heavy atom. The van der Waals surface area contributed by atoms with Crippen molar-refractivity contribution >= 4 is 76.6 Å². The first-order chi connectivity index (χ1) is 54.3. The largest absolute Gasteiger partial charge is 0.291 e. The fourth-order valence-electron chi connectivity index (χ4n) is 17.2. The second-order valence-corrected chi connectivity index (χ2v) is 37.7. The van der Waals surface area contributed by atoms with Crippen LogP contribution in [0.2, 0.25) is 0 Å². The number of carbonyl (C=O) groups is 3. The fourth-order valence-corrected chi connectivity index (χ4v) is 23.7. The number of hydrogen-bond donors (Lipinski definition) is 0. The summed E-state index contributed by atoms with van der Waals surface area (Å²) in [5.41, 5.74) is 10.4. The van der Waals surface area contributed by atoms with Crippen molar-refractivity contribution in [1.29, 1.82) is 0 Å². The fraction of sp³-hybridized carbons (Fsp3) is 0.241. The highest BCUT2D eigenvalue weighted by molar-refractivity contribution is 7.94. The van der Waals surface area contributed by atoms with Crippen molar-refractivity contribution in [3.63, 3.8) is 0 Å². The van der Waals surface area contributed by atoms with Crippen LogP contribution in [0.4, 0.5) is 13.2 Å². The minimum Gasteiger partial charge on any atom is -0.291 e. The number of hydrogen-bond acceptors (Lipinski definition) is 17. The number of fused-ring (bicyclic) bond motifs is 6. The van der Waals surface area contributed by atoms with E-state index in [1.807, 2.05) is 51.1 Å². The maximum Gasteiger partial charge on any atom is 0.192 e. The van der Waals surface area contributed by atoms with Gasteiger partial charge in [0.25, 0.3) is 0 Å². The molecule has 6 aliphatic carbocycles. The van der Waals surface area contributed by atoms with Crippen LogP contribution in [0.5, 0.6) is 0 Å². The van der Waals surface area contributed by atoms with E-state index in [1.165, 1.54) is 48.7 Å². The van der Waals surface area contributed by atoms with Crippen LogP contribution >= 0.6 is 11.5 Å². The average Bonchev–Trinajstić information content (AvgIpc) is 1.72. The lowest BCUT2D eigenvalue weighted by atomic mass is 9.61. The van der Waals surface area contributed by atoms with Crippen molar-refractivity contribution in [2.45, 2.75) is 128 Å². The predicted molar refractivity (Wildman–Crippen MR) is 422 cm³/mol. The zero-order valence-electron chi connectivity index (χ0n) is 61.6. The van der Waals surface area contributed by atoms with E-state index in [1.54, 1.807) is 173 Å². The summed E-state index contributed by atoms with van der Waals surface area (Å²) in [5, 5.41) is 11.5. The molecule has 7 heterocycles.